The van der Waals surface area contributed by atoms with Crippen molar-refractivity contribution in [2.75, 3.05) is 13.1 Å². The van der Waals surface area contributed by atoms with Crippen LogP contribution in [0.25, 0.3) is 10.6 Å². The maximum Gasteiger partial charge on any atom is 0.305 e. The summed E-state index contributed by atoms with van der Waals surface area (Å²) in [6.07, 6.45) is 2.29. The molecule has 0 atom stereocenters. The molecule has 0 unspecified atom stereocenters. The molecular weight excluding hydrogens is 276 g/mol. The molecule has 0 saturated heterocycles. The fraction of sp³-hybridized carbons (Fsp3) is 0.500. The van der Waals surface area contributed by atoms with Gasteiger partial charge in [-0.05, 0) is 37.4 Å². The second-order valence-corrected chi connectivity index (χ2v) is 6.58. The van der Waals surface area contributed by atoms with E-state index in [2.05, 4.69) is 29.8 Å². The van der Waals surface area contributed by atoms with E-state index in [1.54, 1.807) is 11.3 Å². The average Bonchev–Trinajstić information content (AvgIpc) is 2.99. The monoisotopic (exact) mass is 296 g/mol. The minimum Gasteiger partial charge on any atom is -0.311 e. The van der Waals surface area contributed by atoms with Crippen LogP contribution in [0, 0.1) is 0 Å². The number of nitrogens with zero attached hydrogens (tertiary/aromatic N) is 1. The first-order chi connectivity index (χ1) is 9.24. The van der Waals surface area contributed by atoms with E-state index >= 15 is 0 Å². The molecule has 0 aliphatic heterocycles. The van der Waals surface area contributed by atoms with Crippen molar-refractivity contribution in [1.82, 2.24) is 9.88 Å². The summed E-state index contributed by atoms with van der Waals surface area (Å²) in [7, 11) is 0. The summed E-state index contributed by atoms with van der Waals surface area (Å²) >= 11 is 3.02. The van der Waals surface area contributed by atoms with Crippen molar-refractivity contribution in [3.63, 3.8) is 0 Å². The molecule has 0 aliphatic rings. The van der Waals surface area contributed by atoms with Gasteiger partial charge in [0.15, 0.2) is 0 Å². The number of rotatable bonds is 7. The number of hydrogen-bond donors (Lipinski definition) is 1. The van der Waals surface area contributed by atoms with Crippen molar-refractivity contribution in [2.45, 2.75) is 33.2 Å². The topological polar surface area (TPSA) is 36.1 Å². The Hall–Kier alpha value is -0.910. The lowest BCUT2D eigenvalue weighted by molar-refractivity contribution is 0.269. The minimum absolute atomic E-state index is 0.0475. The van der Waals surface area contributed by atoms with E-state index in [-0.39, 0.29) is 4.87 Å². The lowest BCUT2D eigenvalue weighted by Crippen LogP contribution is -2.24. The van der Waals surface area contributed by atoms with Crippen molar-refractivity contribution >= 4 is 22.7 Å². The summed E-state index contributed by atoms with van der Waals surface area (Å²) in [6.45, 7) is 7.44. The Morgan fingerprint density at radius 2 is 2.00 bits per heavy atom. The highest BCUT2D eigenvalue weighted by molar-refractivity contribution is 7.14. The van der Waals surface area contributed by atoms with Gasteiger partial charge in [-0.2, -0.15) is 0 Å². The van der Waals surface area contributed by atoms with Crippen molar-refractivity contribution in [3.8, 4) is 10.6 Å². The summed E-state index contributed by atoms with van der Waals surface area (Å²) in [4.78, 5) is 19.4. The van der Waals surface area contributed by atoms with Crippen LogP contribution in [0.2, 0.25) is 0 Å². The van der Waals surface area contributed by atoms with Gasteiger partial charge >= 0.3 is 4.87 Å². The number of aromatic nitrogens is 1. The Morgan fingerprint density at radius 3 is 2.58 bits per heavy atom. The summed E-state index contributed by atoms with van der Waals surface area (Å²) < 4.78 is 0. The maximum atomic E-state index is 11.7. The van der Waals surface area contributed by atoms with Crippen LogP contribution < -0.4 is 4.87 Å². The Bertz CT molecular complexity index is 536. The van der Waals surface area contributed by atoms with Crippen molar-refractivity contribution in [1.29, 1.82) is 0 Å². The number of nitrogens with one attached hydrogen (secondary N) is 1. The molecule has 0 aliphatic carbocycles. The molecule has 5 heteroatoms. The van der Waals surface area contributed by atoms with Crippen LogP contribution >= 0.6 is 22.7 Å². The van der Waals surface area contributed by atoms with Gasteiger partial charge in [-0.15, -0.1) is 11.3 Å². The molecule has 3 nitrogen and oxygen atoms in total. The Balaban J connectivity index is 2.22. The van der Waals surface area contributed by atoms with Gasteiger partial charge in [-0.3, -0.25) is 9.69 Å². The summed E-state index contributed by atoms with van der Waals surface area (Å²) in [5.41, 5.74) is 1.02. The molecule has 0 spiro atoms. The first-order valence-electron chi connectivity index (χ1n) is 6.72. The van der Waals surface area contributed by atoms with E-state index in [9.17, 15) is 4.79 Å². The highest BCUT2D eigenvalue weighted by atomic mass is 32.1. The number of aromatic amines is 1. The fourth-order valence-corrected chi connectivity index (χ4v) is 3.90. The van der Waals surface area contributed by atoms with Crippen molar-refractivity contribution in [2.24, 2.45) is 0 Å². The Morgan fingerprint density at radius 1 is 1.26 bits per heavy atom. The average molecular weight is 296 g/mol. The molecule has 0 fully saturated rings. The van der Waals surface area contributed by atoms with Gasteiger partial charge in [-0.1, -0.05) is 31.3 Å². The van der Waals surface area contributed by atoms with E-state index in [0.717, 1.165) is 47.9 Å². The van der Waals surface area contributed by atoms with Crippen LogP contribution in [0.4, 0.5) is 0 Å². The second kappa shape index (κ2) is 7.03. The molecule has 0 radical (unpaired) electrons. The Labute approximate surface area is 121 Å². The van der Waals surface area contributed by atoms with E-state index in [1.807, 2.05) is 11.4 Å². The van der Waals surface area contributed by atoms with Crippen LogP contribution in [-0.4, -0.2) is 23.0 Å². The molecule has 2 rings (SSSR count). The third-order valence-electron chi connectivity index (χ3n) is 2.94. The largest absolute Gasteiger partial charge is 0.311 e. The van der Waals surface area contributed by atoms with E-state index in [4.69, 9.17) is 0 Å². The minimum atomic E-state index is 0.0475. The molecule has 104 valence electrons. The normalized spacial score (nSPS) is 11.3. The molecule has 0 aromatic carbocycles. The quantitative estimate of drug-likeness (QED) is 0.844. The summed E-state index contributed by atoms with van der Waals surface area (Å²) in [5, 5.41) is 2.05. The molecule has 2 heterocycles. The van der Waals surface area contributed by atoms with Gasteiger partial charge in [0.2, 0.25) is 0 Å². The highest BCUT2D eigenvalue weighted by Gasteiger charge is 2.14. The van der Waals surface area contributed by atoms with Crippen molar-refractivity contribution in [3.05, 3.63) is 32.1 Å². The second-order valence-electron chi connectivity index (χ2n) is 4.57. The molecular formula is C14H20N2OS2. The van der Waals surface area contributed by atoms with Gasteiger partial charge in [0, 0.05) is 11.4 Å². The van der Waals surface area contributed by atoms with Crippen LogP contribution in [-0.2, 0) is 6.54 Å². The summed E-state index contributed by atoms with van der Waals surface area (Å²) in [6, 6.07) is 4.09. The standard InChI is InChI=1S/C14H20N2OS2/c1-3-7-16(8-4-2)10-12-13(15-14(17)19-12)11-6-5-9-18-11/h5-6,9H,3-4,7-8,10H2,1-2H3,(H,15,17). The third kappa shape index (κ3) is 3.78. The van der Waals surface area contributed by atoms with E-state index in [0.29, 0.717) is 0 Å². The van der Waals surface area contributed by atoms with Gasteiger partial charge in [0.1, 0.15) is 0 Å². The van der Waals surface area contributed by atoms with Crippen LogP contribution in [0.1, 0.15) is 31.6 Å². The van der Waals surface area contributed by atoms with Gasteiger partial charge < -0.3 is 4.98 Å². The van der Waals surface area contributed by atoms with Crippen LogP contribution in [0.5, 0.6) is 0 Å². The predicted octanol–water partition coefficient (Wildman–Crippen LogP) is 3.79. The highest BCUT2D eigenvalue weighted by Crippen LogP contribution is 2.28. The molecule has 0 saturated carbocycles. The molecule has 2 aromatic heterocycles. The van der Waals surface area contributed by atoms with E-state index in [1.165, 1.54) is 11.3 Å². The smallest absolute Gasteiger partial charge is 0.305 e. The predicted molar refractivity (Wildman–Crippen MR) is 84.1 cm³/mol. The lowest BCUT2D eigenvalue weighted by Gasteiger charge is -2.20. The van der Waals surface area contributed by atoms with Crippen LogP contribution in [0.3, 0.4) is 0 Å². The Kier molecular flexibility index (Phi) is 5.36. The molecule has 1 N–H and O–H groups in total. The zero-order valence-electron chi connectivity index (χ0n) is 11.4. The molecule has 0 bridgehead atoms. The van der Waals surface area contributed by atoms with Crippen LogP contribution in [0.15, 0.2) is 22.3 Å². The number of thiophene rings is 1. The first-order valence-corrected chi connectivity index (χ1v) is 8.42. The molecule has 0 amide bonds. The van der Waals surface area contributed by atoms with Gasteiger partial charge in [0.25, 0.3) is 0 Å². The van der Waals surface area contributed by atoms with Gasteiger partial charge in [-0.25, -0.2) is 0 Å². The third-order valence-corrected chi connectivity index (χ3v) is 4.69. The lowest BCUT2D eigenvalue weighted by atomic mass is 10.2. The SMILES string of the molecule is CCCN(CCC)Cc1sc(=O)[nH]c1-c1cccs1. The fourth-order valence-electron chi connectivity index (χ4n) is 2.20. The first kappa shape index (κ1) is 14.5. The zero-order valence-corrected chi connectivity index (χ0v) is 13.1. The van der Waals surface area contributed by atoms with Crippen molar-refractivity contribution < 1.29 is 0 Å². The molecule has 19 heavy (non-hydrogen) atoms. The number of thiazole rings is 1. The maximum absolute atomic E-state index is 11.7. The summed E-state index contributed by atoms with van der Waals surface area (Å²) in [5.74, 6) is 0. The number of H-pyrrole nitrogens is 1. The number of hydrogen-bond acceptors (Lipinski definition) is 4. The zero-order chi connectivity index (χ0) is 13.7. The molecule has 2 aromatic rings. The van der Waals surface area contributed by atoms with E-state index < -0.39 is 0 Å². The van der Waals surface area contributed by atoms with Gasteiger partial charge in [0.05, 0.1) is 10.6 Å².